The van der Waals surface area contributed by atoms with E-state index < -0.39 is 0 Å². The highest BCUT2D eigenvalue weighted by molar-refractivity contribution is 5.88. The maximum Gasteiger partial charge on any atom is 0.221 e. The van der Waals surface area contributed by atoms with Crippen molar-refractivity contribution >= 4 is 17.3 Å². The van der Waals surface area contributed by atoms with Gasteiger partial charge in [0.05, 0.1) is 18.6 Å². The van der Waals surface area contributed by atoms with E-state index in [1.807, 2.05) is 36.8 Å². The van der Waals surface area contributed by atoms with E-state index in [9.17, 15) is 4.79 Å². The van der Waals surface area contributed by atoms with Crippen LogP contribution in [0, 0.1) is 0 Å². The molecule has 0 spiro atoms. The molecule has 1 aromatic carbocycles. The summed E-state index contributed by atoms with van der Waals surface area (Å²) < 4.78 is 2.15. The first-order valence-electron chi connectivity index (χ1n) is 6.79. The van der Waals surface area contributed by atoms with Crippen molar-refractivity contribution in [2.24, 2.45) is 0 Å². The molecule has 5 heteroatoms. The summed E-state index contributed by atoms with van der Waals surface area (Å²) in [5, 5.41) is 6.10. The van der Waals surface area contributed by atoms with Crippen LogP contribution in [-0.2, 0) is 17.9 Å². The molecule has 0 aliphatic carbocycles. The summed E-state index contributed by atoms with van der Waals surface area (Å²) in [6.07, 6.45) is 4.84. The molecule has 0 saturated heterocycles. The number of anilines is 2. The Morgan fingerprint density at radius 1 is 1.25 bits per heavy atom. The number of rotatable bonds is 6. The first-order valence-corrected chi connectivity index (χ1v) is 6.79. The van der Waals surface area contributed by atoms with Crippen molar-refractivity contribution in [2.45, 2.75) is 33.4 Å². The van der Waals surface area contributed by atoms with Gasteiger partial charge in [0, 0.05) is 31.0 Å². The average Bonchev–Trinajstić information content (AvgIpc) is 2.85. The summed E-state index contributed by atoms with van der Waals surface area (Å²) >= 11 is 0. The smallest absolute Gasteiger partial charge is 0.221 e. The molecule has 0 bridgehead atoms. The SMILES string of the molecule is CCCn1cncc1CNc1ccc(NC(C)=O)cc1. The van der Waals surface area contributed by atoms with Gasteiger partial charge in [0.2, 0.25) is 5.91 Å². The minimum Gasteiger partial charge on any atom is -0.379 e. The third-order valence-corrected chi connectivity index (χ3v) is 2.94. The topological polar surface area (TPSA) is 59.0 Å². The summed E-state index contributed by atoms with van der Waals surface area (Å²) in [6.45, 7) is 5.37. The average molecular weight is 272 g/mol. The van der Waals surface area contributed by atoms with Crippen LogP contribution in [0.5, 0.6) is 0 Å². The molecule has 1 heterocycles. The molecule has 0 fully saturated rings. The second kappa shape index (κ2) is 6.75. The monoisotopic (exact) mass is 272 g/mol. The molecular weight excluding hydrogens is 252 g/mol. The van der Waals surface area contributed by atoms with Gasteiger partial charge < -0.3 is 15.2 Å². The zero-order valence-electron chi connectivity index (χ0n) is 11.9. The van der Waals surface area contributed by atoms with Crippen molar-refractivity contribution in [3.05, 3.63) is 42.5 Å². The quantitative estimate of drug-likeness (QED) is 0.850. The Morgan fingerprint density at radius 3 is 2.60 bits per heavy atom. The van der Waals surface area contributed by atoms with Crippen LogP contribution in [0.1, 0.15) is 26.0 Å². The Balaban J connectivity index is 1.93. The van der Waals surface area contributed by atoms with E-state index in [2.05, 4.69) is 27.1 Å². The number of aromatic nitrogens is 2. The van der Waals surface area contributed by atoms with Crippen LogP contribution in [0.4, 0.5) is 11.4 Å². The number of carbonyl (C=O) groups is 1. The zero-order chi connectivity index (χ0) is 14.4. The van der Waals surface area contributed by atoms with E-state index in [1.165, 1.54) is 6.92 Å². The third kappa shape index (κ3) is 3.85. The van der Waals surface area contributed by atoms with Gasteiger partial charge in [-0.05, 0) is 30.7 Å². The molecule has 0 atom stereocenters. The van der Waals surface area contributed by atoms with E-state index >= 15 is 0 Å². The number of aryl methyl sites for hydroxylation is 1. The largest absolute Gasteiger partial charge is 0.379 e. The van der Waals surface area contributed by atoms with Crippen molar-refractivity contribution in [1.82, 2.24) is 9.55 Å². The fraction of sp³-hybridized carbons (Fsp3) is 0.333. The molecule has 0 unspecified atom stereocenters. The van der Waals surface area contributed by atoms with E-state index in [0.717, 1.165) is 36.6 Å². The van der Waals surface area contributed by atoms with Gasteiger partial charge >= 0.3 is 0 Å². The second-order valence-corrected chi connectivity index (χ2v) is 4.69. The van der Waals surface area contributed by atoms with Crippen molar-refractivity contribution in [1.29, 1.82) is 0 Å². The van der Waals surface area contributed by atoms with Gasteiger partial charge in [-0.15, -0.1) is 0 Å². The molecule has 0 aliphatic rings. The van der Waals surface area contributed by atoms with Crippen LogP contribution in [0.2, 0.25) is 0 Å². The summed E-state index contributed by atoms with van der Waals surface area (Å²) in [4.78, 5) is 15.1. The summed E-state index contributed by atoms with van der Waals surface area (Å²) in [5.41, 5.74) is 2.99. The summed E-state index contributed by atoms with van der Waals surface area (Å²) in [6, 6.07) is 7.66. The normalized spacial score (nSPS) is 10.3. The van der Waals surface area contributed by atoms with Gasteiger partial charge in [0.15, 0.2) is 0 Å². The van der Waals surface area contributed by atoms with Crippen LogP contribution in [-0.4, -0.2) is 15.5 Å². The highest BCUT2D eigenvalue weighted by Gasteiger charge is 2.01. The molecular formula is C15H20N4O. The molecule has 1 amide bonds. The molecule has 2 rings (SSSR count). The van der Waals surface area contributed by atoms with Gasteiger partial charge in [0.1, 0.15) is 0 Å². The lowest BCUT2D eigenvalue weighted by molar-refractivity contribution is -0.114. The molecule has 20 heavy (non-hydrogen) atoms. The van der Waals surface area contributed by atoms with Gasteiger partial charge in [-0.1, -0.05) is 6.92 Å². The van der Waals surface area contributed by atoms with Crippen LogP contribution in [0.15, 0.2) is 36.8 Å². The van der Waals surface area contributed by atoms with E-state index in [-0.39, 0.29) is 5.91 Å². The summed E-state index contributed by atoms with van der Waals surface area (Å²) in [7, 11) is 0. The Bertz CT molecular complexity index is 560. The van der Waals surface area contributed by atoms with E-state index in [4.69, 9.17) is 0 Å². The maximum absolute atomic E-state index is 10.9. The lowest BCUT2D eigenvalue weighted by Gasteiger charge is -2.10. The number of imidazole rings is 1. The Hall–Kier alpha value is -2.30. The van der Waals surface area contributed by atoms with Crippen molar-refractivity contribution in [3.63, 3.8) is 0 Å². The second-order valence-electron chi connectivity index (χ2n) is 4.69. The molecule has 5 nitrogen and oxygen atoms in total. The highest BCUT2D eigenvalue weighted by Crippen LogP contribution is 2.14. The zero-order valence-corrected chi connectivity index (χ0v) is 11.9. The molecule has 2 aromatic rings. The van der Waals surface area contributed by atoms with Crippen molar-refractivity contribution in [2.75, 3.05) is 10.6 Å². The number of amides is 1. The van der Waals surface area contributed by atoms with Gasteiger partial charge in [-0.3, -0.25) is 4.79 Å². The third-order valence-electron chi connectivity index (χ3n) is 2.94. The van der Waals surface area contributed by atoms with Crippen molar-refractivity contribution in [3.8, 4) is 0 Å². The lowest BCUT2D eigenvalue weighted by Crippen LogP contribution is -2.07. The molecule has 0 saturated carbocycles. The predicted molar refractivity (Wildman–Crippen MR) is 80.6 cm³/mol. The van der Waals surface area contributed by atoms with Crippen LogP contribution < -0.4 is 10.6 Å². The Kier molecular flexibility index (Phi) is 4.76. The molecule has 1 aromatic heterocycles. The fourth-order valence-electron chi connectivity index (χ4n) is 2.00. The Morgan fingerprint density at radius 2 is 1.95 bits per heavy atom. The van der Waals surface area contributed by atoms with E-state index in [1.54, 1.807) is 0 Å². The number of benzene rings is 1. The highest BCUT2D eigenvalue weighted by atomic mass is 16.1. The molecule has 0 aliphatic heterocycles. The van der Waals surface area contributed by atoms with Crippen LogP contribution in [0.3, 0.4) is 0 Å². The minimum atomic E-state index is -0.0609. The first-order chi connectivity index (χ1) is 9.69. The molecule has 106 valence electrons. The van der Waals surface area contributed by atoms with Gasteiger partial charge in [0.25, 0.3) is 0 Å². The first kappa shape index (κ1) is 14.1. The number of nitrogens with one attached hydrogen (secondary N) is 2. The summed E-state index contributed by atoms with van der Waals surface area (Å²) in [5.74, 6) is -0.0609. The number of nitrogens with zero attached hydrogens (tertiary/aromatic N) is 2. The minimum absolute atomic E-state index is 0.0609. The Labute approximate surface area is 119 Å². The van der Waals surface area contributed by atoms with Crippen LogP contribution in [0.25, 0.3) is 0 Å². The lowest BCUT2D eigenvalue weighted by atomic mass is 10.2. The van der Waals surface area contributed by atoms with Gasteiger partial charge in [-0.25, -0.2) is 4.98 Å². The number of hydrogen-bond donors (Lipinski definition) is 2. The molecule has 0 radical (unpaired) electrons. The van der Waals surface area contributed by atoms with E-state index in [0.29, 0.717) is 0 Å². The van der Waals surface area contributed by atoms with Crippen LogP contribution >= 0.6 is 0 Å². The van der Waals surface area contributed by atoms with Crippen molar-refractivity contribution < 1.29 is 4.79 Å². The molecule has 2 N–H and O–H groups in total. The maximum atomic E-state index is 10.9. The standard InChI is InChI=1S/C15H20N4O/c1-3-8-19-11-16-9-15(19)10-17-13-4-6-14(7-5-13)18-12(2)20/h4-7,9,11,17H,3,8,10H2,1-2H3,(H,18,20). The number of hydrogen-bond acceptors (Lipinski definition) is 3. The predicted octanol–water partition coefficient (Wildman–Crippen LogP) is 2.86. The number of carbonyl (C=O) groups excluding carboxylic acids is 1. The fourth-order valence-corrected chi connectivity index (χ4v) is 2.00. The van der Waals surface area contributed by atoms with Gasteiger partial charge in [-0.2, -0.15) is 0 Å².